The zero-order chi connectivity index (χ0) is 24.9. The Morgan fingerprint density at radius 3 is 2.29 bits per heavy atom. The van der Waals surface area contributed by atoms with E-state index < -0.39 is 51.0 Å². The smallest absolute Gasteiger partial charge is 0.257 e. The first-order valence-corrected chi connectivity index (χ1v) is 11.7. The number of sulfonamides is 1. The SMILES string of the molecule is CC(C)[C@H](NC(=O)c1c(F)cccc1F)C(=O)Nc1cccc(S(=O)(=O)NCc2ccco2)c1. The monoisotopic (exact) mass is 491 g/mol. The van der Waals surface area contributed by atoms with Crippen LogP contribution in [0.1, 0.15) is 30.0 Å². The third-order valence-electron chi connectivity index (χ3n) is 4.85. The Morgan fingerprint density at radius 2 is 1.68 bits per heavy atom. The van der Waals surface area contributed by atoms with Crippen molar-refractivity contribution in [1.82, 2.24) is 10.0 Å². The molecular weight excluding hydrogens is 468 g/mol. The van der Waals surface area contributed by atoms with Gasteiger partial charge in [-0.15, -0.1) is 0 Å². The molecule has 0 aliphatic carbocycles. The van der Waals surface area contributed by atoms with Crippen LogP contribution in [0.15, 0.2) is 70.2 Å². The van der Waals surface area contributed by atoms with E-state index in [2.05, 4.69) is 15.4 Å². The summed E-state index contributed by atoms with van der Waals surface area (Å²) in [6.45, 7) is 3.23. The summed E-state index contributed by atoms with van der Waals surface area (Å²) in [7, 11) is -3.91. The molecular formula is C23H23F2N3O5S. The Kier molecular flexibility index (Phi) is 7.79. The predicted octanol–water partition coefficient (Wildman–Crippen LogP) is 3.43. The van der Waals surface area contributed by atoms with E-state index in [1.165, 1.54) is 30.5 Å². The summed E-state index contributed by atoms with van der Waals surface area (Å²) in [6.07, 6.45) is 1.42. The van der Waals surface area contributed by atoms with Gasteiger partial charge < -0.3 is 15.1 Å². The molecule has 0 bridgehead atoms. The summed E-state index contributed by atoms with van der Waals surface area (Å²) in [4.78, 5) is 25.2. The van der Waals surface area contributed by atoms with Crippen molar-refractivity contribution in [3.63, 3.8) is 0 Å². The molecule has 3 rings (SSSR count). The molecule has 0 aliphatic heterocycles. The lowest BCUT2D eigenvalue weighted by molar-refractivity contribution is -0.118. The van der Waals surface area contributed by atoms with Crippen LogP contribution in [0.2, 0.25) is 0 Å². The van der Waals surface area contributed by atoms with Crippen LogP contribution in [0, 0.1) is 17.6 Å². The highest BCUT2D eigenvalue weighted by molar-refractivity contribution is 7.89. The van der Waals surface area contributed by atoms with E-state index in [4.69, 9.17) is 4.42 Å². The van der Waals surface area contributed by atoms with Gasteiger partial charge in [0.2, 0.25) is 15.9 Å². The zero-order valence-electron chi connectivity index (χ0n) is 18.3. The van der Waals surface area contributed by atoms with E-state index in [1.54, 1.807) is 26.0 Å². The molecule has 3 N–H and O–H groups in total. The number of nitrogens with one attached hydrogen (secondary N) is 3. The van der Waals surface area contributed by atoms with Gasteiger partial charge in [0.1, 0.15) is 29.0 Å². The summed E-state index contributed by atoms with van der Waals surface area (Å²) in [6, 6.07) is 10.6. The number of furan rings is 1. The Labute approximate surface area is 195 Å². The average molecular weight is 492 g/mol. The summed E-state index contributed by atoms with van der Waals surface area (Å²) in [5.74, 6) is -3.89. The minimum absolute atomic E-state index is 0.0556. The lowest BCUT2D eigenvalue weighted by atomic mass is 10.0. The van der Waals surface area contributed by atoms with Crippen molar-refractivity contribution in [2.24, 2.45) is 5.92 Å². The third-order valence-corrected chi connectivity index (χ3v) is 6.25. The largest absolute Gasteiger partial charge is 0.468 e. The van der Waals surface area contributed by atoms with Gasteiger partial charge in [0.15, 0.2) is 0 Å². The zero-order valence-corrected chi connectivity index (χ0v) is 19.2. The average Bonchev–Trinajstić information content (AvgIpc) is 3.30. The normalized spacial score (nSPS) is 12.4. The van der Waals surface area contributed by atoms with Crippen molar-refractivity contribution in [3.8, 4) is 0 Å². The van der Waals surface area contributed by atoms with Gasteiger partial charge in [0.25, 0.3) is 5.91 Å². The standard InChI is InChI=1S/C23H23F2N3O5S/c1-14(2)21(28-22(29)20-18(24)9-4-10-19(20)25)23(30)27-15-6-3-8-17(12-15)34(31,32)26-13-16-7-5-11-33-16/h3-12,14,21,26H,13H2,1-2H3,(H,27,30)(H,28,29)/t21-/m0/s1. The highest BCUT2D eigenvalue weighted by Crippen LogP contribution is 2.18. The highest BCUT2D eigenvalue weighted by Gasteiger charge is 2.27. The molecule has 0 radical (unpaired) electrons. The molecule has 0 saturated carbocycles. The molecule has 1 aromatic heterocycles. The number of amides is 2. The van der Waals surface area contributed by atoms with E-state index in [0.717, 1.165) is 18.2 Å². The Hall–Kier alpha value is -3.57. The first kappa shape index (κ1) is 25.1. The van der Waals surface area contributed by atoms with Crippen LogP contribution in [-0.4, -0.2) is 26.3 Å². The fourth-order valence-electron chi connectivity index (χ4n) is 3.09. The molecule has 0 spiro atoms. The molecule has 2 aromatic carbocycles. The number of carbonyl (C=O) groups excluding carboxylic acids is 2. The van der Waals surface area contributed by atoms with E-state index in [-0.39, 0.29) is 17.1 Å². The number of anilines is 1. The topological polar surface area (TPSA) is 118 Å². The minimum Gasteiger partial charge on any atom is -0.468 e. The minimum atomic E-state index is -3.91. The van der Waals surface area contributed by atoms with Crippen LogP contribution in [0.3, 0.4) is 0 Å². The number of carbonyl (C=O) groups is 2. The van der Waals surface area contributed by atoms with Gasteiger partial charge in [0.05, 0.1) is 17.7 Å². The van der Waals surface area contributed by atoms with Gasteiger partial charge in [-0.05, 0) is 48.4 Å². The first-order chi connectivity index (χ1) is 16.1. The summed E-state index contributed by atoms with van der Waals surface area (Å²) >= 11 is 0. The van der Waals surface area contributed by atoms with E-state index in [9.17, 15) is 26.8 Å². The molecule has 0 saturated heterocycles. The van der Waals surface area contributed by atoms with Crippen LogP contribution in [0.4, 0.5) is 14.5 Å². The maximum absolute atomic E-state index is 13.9. The van der Waals surface area contributed by atoms with Crippen molar-refractivity contribution in [3.05, 3.63) is 83.8 Å². The molecule has 11 heteroatoms. The van der Waals surface area contributed by atoms with Gasteiger partial charge in [-0.25, -0.2) is 21.9 Å². The lowest BCUT2D eigenvalue weighted by Gasteiger charge is -2.22. The summed E-state index contributed by atoms with van der Waals surface area (Å²) in [5.41, 5.74) is -0.639. The molecule has 34 heavy (non-hydrogen) atoms. The number of halogens is 2. The van der Waals surface area contributed by atoms with Crippen LogP contribution in [-0.2, 0) is 21.4 Å². The number of benzene rings is 2. The van der Waals surface area contributed by atoms with Crippen LogP contribution in [0.5, 0.6) is 0 Å². The van der Waals surface area contributed by atoms with E-state index in [1.807, 2.05) is 0 Å². The molecule has 3 aromatic rings. The van der Waals surface area contributed by atoms with Gasteiger partial charge >= 0.3 is 0 Å². The fourth-order valence-corrected chi connectivity index (χ4v) is 4.13. The van der Waals surface area contributed by atoms with Crippen molar-refractivity contribution >= 4 is 27.5 Å². The van der Waals surface area contributed by atoms with Crippen molar-refractivity contribution < 1.29 is 31.2 Å². The molecule has 2 amide bonds. The second kappa shape index (κ2) is 10.6. The van der Waals surface area contributed by atoms with Gasteiger partial charge in [-0.1, -0.05) is 26.0 Å². The molecule has 0 unspecified atom stereocenters. The maximum Gasteiger partial charge on any atom is 0.257 e. The van der Waals surface area contributed by atoms with E-state index >= 15 is 0 Å². The maximum atomic E-state index is 13.9. The Balaban J connectivity index is 1.73. The Bertz CT molecular complexity index is 1260. The first-order valence-electron chi connectivity index (χ1n) is 10.3. The molecule has 180 valence electrons. The van der Waals surface area contributed by atoms with Crippen molar-refractivity contribution in [2.75, 3.05) is 5.32 Å². The molecule has 0 aliphatic rings. The van der Waals surface area contributed by atoms with Crippen LogP contribution >= 0.6 is 0 Å². The van der Waals surface area contributed by atoms with E-state index in [0.29, 0.717) is 5.76 Å². The van der Waals surface area contributed by atoms with Gasteiger partial charge in [0, 0.05) is 5.69 Å². The molecule has 1 heterocycles. The number of hydrogen-bond donors (Lipinski definition) is 3. The molecule has 0 fully saturated rings. The molecule has 1 atom stereocenters. The number of rotatable bonds is 9. The lowest BCUT2D eigenvalue weighted by Crippen LogP contribution is -2.47. The Morgan fingerprint density at radius 1 is 1.00 bits per heavy atom. The quantitative estimate of drug-likeness (QED) is 0.424. The fraction of sp³-hybridized carbons (Fsp3) is 0.217. The third kappa shape index (κ3) is 6.06. The van der Waals surface area contributed by atoms with Crippen LogP contribution < -0.4 is 15.4 Å². The van der Waals surface area contributed by atoms with Gasteiger partial charge in [-0.2, -0.15) is 0 Å². The van der Waals surface area contributed by atoms with Gasteiger partial charge in [-0.3, -0.25) is 9.59 Å². The second-order valence-electron chi connectivity index (χ2n) is 7.71. The second-order valence-corrected chi connectivity index (χ2v) is 9.48. The molecule has 8 nitrogen and oxygen atoms in total. The number of hydrogen-bond acceptors (Lipinski definition) is 5. The predicted molar refractivity (Wildman–Crippen MR) is 120 cm³/mol. The highest BCUT2D eigenvalue weighted by atomic mass is 32.2. The van der Waals surface area contributed by atoms with Crippen molar-refractivity contribution in [2.45, 2.75) is 31.3 Å². The van der Waals surface area contributed by atoms with Crippen molar-refractivity contribution in [1.29, 1.82) is 0 Å². The summed E-state index contributed by atoms with van der Waals surface area (Å²) in [5, 5.41) is 4.88. The summed E-state index contributed by atoms with van der Waals surface area (Å²) < 4.78 is 60.5. The van der Waals surface area contributed by atoms with Crippen LogP contribution in [0.25, 0.3) is 0 Å².